The average molecular weight is 312 g/mol. The Kier molecular flexibility index (Phi) is 3.89. The minimum Gasteiger partial charge on any atom is -0.497 e. The van der Waals surface area contributed by atoms with Crippen LogP contribution < -0.4 is 19.7 Å². The summed E-state index contributed by atoms with van der Waals surface area (Å²) in [6, 6.07) is 12.2. The Morgan fingerprint density at radius 2 is 1.91 bits per heavy atom. The van der Waals surface area contributed by atoms with Crippen molar-refractivity contribution in [3.8, 4) is 11.5 Å². The first-order valence-corrected chi connectivity index (χ1v) is 7.07. The van der Waals surface area contributed by atoms with Crippen molar-refractivity contribution in [1.29, 1.82) is 0 Å². The molecule has 0 saturated heterocycles. The second kappa shape index (κ2) is 6.00. The second-order valence-electron chi connectivity index (χ2n) is 5.02. The van der Waals surface area contributed by atoms with Crippen molar-refractivity contribution in [2.24, 2.45) is 0 Å². The number of benzene rings is 2. The molecule has 2 aromatic carbocycles. The van der Waals surface area contributed by atoms with Crippen molar-refractivity contribution >= 4 is 23.2 Å². The molecule has 1 N–H and O–H groups in total. The number of anilines is 2. The van der Waals surface area contributed by atoms with E-state index in [9.17, 15) is 9.59 Å². The van der Waals surface area contributed by atoms with Crippen LogP contribution in [0.2, 0.25) is 0 Å². The van der Waals surface area contributed by atoms with Crippen molar-refractivity contribution in [2.45, 2.75) is 0 Å². The lowest BCUT2D eigenvalue weighted by atomic mass is 10.1. The van der Waals surface area contributed by atoms with E-state index in [1.54, 1.807) is 36.4 Å². The fourth-order valence-corrected chi connectivity index (χ4v) is 2.54. The number of hydrogen-bond acceptors (Lipinski definition) is 4. The molecule has 2 aromatic rings. The van der Waals surface area contributed by atoms with E-state index in [4.69, 9.17) is 9.47 Å². The molecule has 1 aliphatic heterocycles. The van der Waals surface area contributed by atoms with Gasteiger partial charge in [0.15, 0.2) is 0 Å². The first-order valence-electron chi connectivity index (χ1n) is 7.07. The Morgan fingerprint density at radius 3 is 2.65 bits per heavy atom. The Bertz CT molecular complexity index is 773. The minimum absolute atomic E-state index is 0.0454. The number of rotatable bonds is 3. The summed E-state index contributed by atoms with van der Waals surface area (Å²) in [5.41, 5.74) is 1.61. The molecule has 1 heterocycles. The van der Waals surface area contributed by atoms with E-state index in [0.717, 1.165) is 0 Å². The maximum absolute atomic E-state index is 13.0. The number of nitrogens with one attached hydrogen (secondary N) is 1. The highest BCUT2D eigenvalue weighted by molar-refractivity contribution is 6.16. The van der Waals surface area contributed by atoms with Crippen LogP contribution in [0.4, 0.5) is 11.4 Å². The summed E-state index contributed by atoms with van der Waals surface area (Å²) in [7, 11) is 3.02. The van der Waals surface area contributed by atoms with Gasteiger partial charge in [0.25, 0.3) is 5.91 Å². The Morgan fingerprint density at radius 1 is 1.13 bits per heavy atom. The lowest BCUT2D eigenvalue weighted by Crippen LogP contribution is -2.42. The molecule has 0 fully saturated rings. The quantitative estimate of drug-likeness (QED) is 0.944. The maximum atomic E-state index is 13.0. The van der Waals surface area contributed by atoms with Gasteiger partial charge >= 0.3 is 0 Å². The van der Waals surface area contributed by atoms with Crippen molar-refractivity contribution in [3.63, 3.8) is 0 Å². The molecule has 3 rings (SSSR count). The predicted octanol–water partition coefficient (Wildman–Crippen LogP) is 2.30. The van der Waals surface area contributed by atoms with Crippen LogP contribution >= 0.6 is 0 Å². The number of hydrogen-bond donors (Lipinski definition) is 1. The number of para-hydroxylation sites is 2. The zero-order valence-corrected chi connectivity index (χ0v) is 12.8. The van der Waals surface area contributed by atoms with Crippen LogP contribution in [0.25, 0.3) is 0 Å². The van der Waals surface area contributed by atoms with Crippen LogP contribution in [0, 0.1) is 0 Å². The molecule has 0 aliphatic carbocycles. The third-order valence-corrected chi connectivity index (χ3v) is 3.65. The van der Waals surface area contributed by atoms with E-state index in [1.165, 1.54) is 19.1 Å². The first kappa shape index (κ1) is 14.9. The summed E-state index contributed by atoms with van der Waals surface area (Å²) < 4.78 is 10.4. The van der Waals surface area contributed by atoms with Gasteiger partial charge < -0.3 is 14.8 Å². The SMILES string of the molecule is COc1ccc(OC)c(C(=O)N2CC(=O)Nc3ccccc32)c1. The molecule has 6 nitrogen and oxygen atoms in total. The normalized spacial score (nSPS) is 13.1. The van der Waals surface area contributed by atoms with E-state index < -0.39 is 0 Å². The number of fused-ring (bicyclic) bond motifs is 1. The van der Waals surface area contributed by atoms with Gasteiger partial charge in [-0.15, -0.1) is 0 Å². The van der Waals surface area contributed by atoms with Gasteiger partial charge in [-0.05, 0) is 30.3 Å². The standard InChI is InChI=1S/C17H16N2O4/c1-22-11-7-8-15(23-2)12(9-11)17(21)19-10-16(20)18-13-5-3-4-6-14(13)19/h3-9H,10H2,1-2H3,(H,18,20). The van der Waals surface area contributed by atoms with E-state index in [2.05, 4.69) is 5.32 Å². The average Bonchev–Trinajstić information content (AvgIpc) is 2.59. The Labute approximate surface area is 133 Å². The minimum atomic E-state index is -0.317. The van der Waals surface area contributed by atoms with Gasteiger partial charge in [0.1, 0.15) is 18.0 Å². The van der Waals surface area contributed by atoms with E-state index in [-0.39, 0.29) is 18.4 Å². The fraction of sp³-hybridized carbons (Fsp3) is 0.176. The summed E-state index contributed by atoms with van der Waals surface area (Å²) in [6.45, 7) is -0.0454. The molecule has 0 aromatic heterocycles. The fourth-order valence-electron chi connectivity index (χ4n) is 2.54. The first-order chi connectivity index (χ1) is 11.1. The highest BCUT2D eigenvalue weighted by Crippen LogP contribution is 2.32. The number of carbonyl (C=O) groups excluding carboxylic acids is 2. The van der Waals surface area contributed by atoms with Gasteiger partial charge in [0.05, 0.1) is 31.2 Å². The Hall–Kier alpha value is -3.02. The summed E-state index contributed by atoms with van der Waals surface area (Å²) in [5.74, 6) is 0.421. The molecule has 118 valence electrons. The van der Waals surface area contributed by atoms with Gasteiger partial charge in [0, 0.05) is 0 Å². The van der Waals surface area contributed by atoms with E-state index in [1.807, 2.05) is 6.07 Å². The van der Waals surface area contributed by atoms with E-state index >= 15 is 0 Å². The Balaban J connectivity index is 2.06. The molecule has 2 amide bonds. The maximum Gasteiger partial charge on any atom is 0.262 e. The molecule has 0 unspecified atom stereocenters. The molecule has 0 spiro atoms. The smallest absolute Gasteiger partial charge is 0.262 e. The van der Waals surface area contributed by atoms with Crippen LogP contribution in [-0.2, 0) is 4.79 Å². The van der Waals surface area contributed by atoms with Gasteiger partial charge in [-0.25, -0.2) is 0 Å². The lowest BCUT2D eigenvalue weighted by molar-refractivity contribution is -0.115. The molecular weight excluding hydrogens is 296 g/mol. The molecule has 23 heavy (non-hydrogen) atoms. The predicted molar refractivity (Wildman–Crippen MR) is 86.3 cm³/mol. The largest absolute Gasteiger partial charge is 0.497 e. The lowest BCUT2D eigenvalue weighted by Gasteiger charge is -2.29. The summed E-state index contributed by atoms with van der Waals surface area (Å²) in [5, 5.41) is 2.76. The van der Waals surface area contributed by atoms with Crippen LogP contribution in [0.3, 0.4) is 0 Å². The summed E-state index contributed by atoms with van der Waals surface area (Å²) in [6.07, 6.45) is 0. The van der Waals surface area contributed by atoms with Gasteiger partial charge in [-0.2, -0.15) is 0 Å². The van der Waals surface area contributed by atoms with Crippen LogP contribution in [0.1, 0.15) is 10.4 Å². The van der Waals surface area contributed by atoms with Gasteiger partial charge in [0.2, 0.25) is 5.91 Å². The van der Waals surface area contributed by atoms with Crippen molar-refractivity contribution in [1.82, 2.24) is 0 Å². The van der Waals surface area contributed by atoms with Crippen molar-refractivity contribution < 1.29 is 19.1 Å². The zero-order valence-electron chi connectivity index (χ0n) is 12.8. The molecule has 0 atom stereocenters. The number of methoxy groups -OCH3 is 2. The number of amides is 2. The monoisotopic (exact) mass is 312 g/mol. The molecule has 1 aliphatic rings. The summed E-state index contributed by atoms with van der Waals surface area (Å²) >= 11 is 0. The summed E-state index contributed by atoms with van der Waals surface area (Å²) in [4.78, 5) is 26.3. The zero-order chi connectivity index (χ0) is 16.4. The highest BCUT2D eigenvalue weighted by atomic mass is 16.5. The van der Waals surface area contributed by atoms with Gasteiger partial charge in [-0.3, -0.25) is 14.5 Å². The van der Waals surface area contributed by atoms with Crippen molar-refractivity contribution in [3.05, 3.63) is 48.0 Å². The second-order valence-corrected chi connectivity index (χ2v) is 5.02. The number of nitrogens with zero attached hydrogens (tertiary/aromatic N) is 1. The van der Waals surface area contributed by atoms with Gasteiger partial charge in [-0.1, -0.05) is 12.1 Å². The van der Waals surface area contributed by atoms with Crippen LogP contribution in [-0.4, -0.2) is 32.6 Å². The molecule has 6 heteroatoms. The molecule has 0 radical (unpaired) electrons. The third kappa shape index (κ3) is 2.70. The number of ether oxygens (including phenoxy) is 2. The topological polar surface area (TPSA) is 67.9 Å². The highest BCUT2D eigenvalue weighted by Gasteiger charge is 2.29. The molecule has 0 bridgehead atoms. The molecule has 0 saturated carbocycles. The van der Waals surface area contributed by atoms with E-state index in [0.29, 0.717) is 28.4 Å². The van der Waals surface area contributed by atoms with Crippen LogP contribution in [0.15, 0.2) is 42.5 Å². The van der Waals surface area contributed by atoms with Crippen molar-refractivity contribution in [2.75, 3.05) is 31.0 Å². The van der Waals surface area contributed by atoms with Crippen LogP contribution in [0.5, 0.6) is 11.5 Å². The number of carbonyl (C=O) groups is 2. The third-order valence-electron chi connectivity index (χ3n) is 3.65. The molecular formula is C17H16N2O4.